The van der Waals surface area contributed by atoms with E-state index in [1.807, 2.05) is 25.1 Å². The van der Waals surface area contributed by atoms with Crippen LogP contribution in [0.25, 0.3) is 0 Å². The molecule has 0 unspecified atom stereocenters. The Kier molecular flexibility index (Phi) is 4.19. The summed E-state index contributed by atoms with van der Waals surface area (Å²) < 4.78 is 27.4. The summed E-state index contributed by atoms with van der Waals surface area (Å²) in [5, 5.41) is 6.44. The number of aromatic amines is 1. The molecule has 4 N–H and O–H groups in total. The molecular weight excluding hydrogens is 290 g/mol. The molecule has 0 bridgehead atoms. The van der Waals surface area contributed by atoms with Crippen molar-refractivity contribution in [1.29, 1.82) is 0 Å². The number of aromatic nitrogens is 2. The number of nitrogens with two attached hydrogens (primary N) is 1. The number of benzene rings is 1. The van der Waals surface area contributed by atoms with Gasteiger partial charge in [0.05, 0.1) is 5.69 Å². The van der Waals surface area contributed by atoms with Crippen molar-refractivity contribution >= 4 is 21.4 Å². The maximum Gasteiger partial charge on any atom is 0.281 e. The van der Waals surface area contributed by atoms with E-state index < -0.39 is 10.0 Å². The van der Waals surface area contributed by atoms with Gasteiger partial charge in [0.25, 0.3) is 10.0 Å². The molecule has 0 aliphatic heterocycles. The Morgan fingerprint density at radius 1 is 1.38 bits per heavy atom. The molecular formula is C13H19N5O2S. The average Bonchev–Trinajstić information content (AvgIpc) is 2.80. The van der Waals surface area contributed by atoms with Gasteiger partial charge in [0, 0.05) is 37.6 Å². The van der Waals surface area contributed by atoms with Crippen LogP contribution >= 0.6 is 0 Å². The third kappa shape index (κ3) is 3.17. The van der Waals surface area contributed by atoms with Crippen molar-refractivity contribution < 1.29 is 8.42 Å². The minimum atomic E-state index is -3.77. The van der Waals surface area contributed by atoms with E-state index in [0.717, 1.165) is 5.69 Å². The van der Waals surface area contributed by atoms with Crippen LogP contribution in [0.3, 0.4) is 0 Å². The summed E-state index contributed by atoms with van der Waals surface area (Å²) >= 11 is 0. The summed E-state index contributed by atoms with van der Waals surface area (Å²) in [5.74, 6) is 0. The minimum Gasteiger partial charge on any atom is -0.378 e. The zero-order valence-electron chi connectivity index (χ0n) is 12.2. The Morgan fingerprint density at radius 3 is 2.71 bits per heavy atom. The summed E-state index contributed by atoms with van der Waals surface area (Å²) in [6.45, 7) is 1.84. The van der Waals surface area contributed by atoms with Crippen molar-refractivity contribution in [2.45, 2.75) is 18.5 Å². The van der Waals surface area contributed by atoms with Crippen LogP contribution in [-0.4, -0.2) is 32.7 Å². The molecule has 0 atom stereocenters. The first-order valence-corrected chi connectivity index (χ1v) is 7.87. The summed E-state index contributed by atoms with van der Waals surface area (Å²) in [5.41, 5.74) is 8.11. The highest BCUT2D eigenvalue weighted by Crippen LogP contribution is 2.22. The fraction of sp³-hybridized carbons (Fsp3) is 0.308. The van der Waals surface area contributed by atoms with Gasteiger partial charge in [0.15, 0.2) is 0 Å². The maximum absolute atomic E-state index is 12.4. The largest absolute Gasteiger partial charge is 0.378 e. The number of nitrogens with zero attached hydrogens (tertiary/aromatic N) is 2. The van der Waals surface area contributed by atoms with Gasteiger partial charge in [0.1, 0.15) is 0 Å². The highest BCUT2D eigenvalue weighted by atomic mass is 32.2. The molecule has 1 aromatic carbocycles. The van der Waals surface area contributed by atoms with Crippen molar-refractivity contribution in [3.05, 3.63) is 35.5 Å². The molecule has 2 rings (SSSR count). The predicted octanol–water partition coefficient (Wildman–Crippen LogP) is 1.04. The highest BCUT2D eigenvalue weighted by molar-refractivity contribution is 7.92. The van der Waals surface area contributed by atoms with E-state index in [9.17, 15) is 8.42 Å². The van der Waals surface area contributed by atoms with Crippen LogP contribution in [0.1, 0.15) is 11.3 Å². The number of sulfonamides is 1. The third-order valence-corrected chi connectivity index (χ3v) is 4.46. The molecule has 2 aromatic rings. The zero-order valence-corrected chi connectivity index (χ0v) is 13.0. The minimum absolute atomic E-state index is 0.0576. The Morgan fingerprint density at radius 2 is 2.10 bits per heavy atom. The molecule has 0 aliphatic rings. The number of nitrogens with one attached hydrogen (secondary N) is 2. The molecule has 7 nitrogen and oxygen atoms in total. The van der Waals surface area contributed by atoms with Gasteiger partial charge in [0.2, 0.25) is 5.03 Å². The number of rotatable bonds is 5. The molecule has 8 heteroatoms. The van der Waals surface area contributed by atoms with Gasteiger partial charge in [-0.1, -0.05) is 6.07 Å². The summed E-state index contributed by atoms with van der Waals surface area (Å²) in [6.07, 6.45) is 0. The number of hydrogen-bond donors (Lipinski definition) is 3. The van der Waals surface area contributed by atoms with E-state index in [1.54, 1.807) is 25.1 Å². The van der Waals surface area contributed by atoms with Crippen LogP contribution in [0.2, 0.25) is 0 Å². The third-order valence-electron chi connectivity index (χ3n) is 3.11. The van der Waals surface area contributed by atoms with Crippen molar-refractivity contribution in [2.75, 3.05) is 23.7 Å². The van der Waals surface area contributed by atoms with Crippen molar-refractivity contribution in [2.24, 2.45) is 5.73 Å². The summed E-state index contributed by atoms with van der Waals surface area (Å²) in [6, 6.07) is 7.11. The first-order valence-electron chi connectivity index (χ1n) is 6.39. The Balaban J connectivity index is 2.35. The van der Waals surface area contributed by atoms with Gasteiger partial charge in [-0.05, 0) is 25.1 Å². The second-order valence-electron chi connectivity index (χ2n) is 4.89. The van der Waals surface area contributed by atoms with Crippen LogP contribution in [0, 0.1) is 6.92 Å². The smallest absolute Gasteiger partial charge is 0.281 e. The number of anilines is 2. The number of aryl methyl sites for hydroxylation is 1. The Hall–Kier alpha value is -2.06. The van der Waals surface area contributed by atoms with E-state index in [1.165, 1.54) is 0 Å². The van der Waals surface area contributed by atoms with Crippen LogP contribution < -0.4 is 15.4 Å². The van der Waals surface area contributed by atoms with Crippen LogP contribution in [0.15, 0.2) is 29.3 Å². The summed E-state index contributed by atoms with van der Waals surface area (Å²) in [7, 11) is 0.00365. The normalized spacial score (nSPS) is 11.4. The fourth-order valence-electron chi connectivity index (χ4n) is 1.94. The van der Waals surface area contributed by atoms with Crippen molar-refractivity contribution in [1.82, 2.24) is 10.2 Å². The predicted molar refractivity (Wildman–Crippen MR) is 82.8 cm³/mol. The van der Waals surface area contributed by atoms with Gasteiger partial charge in [-0.3, -0.25) is 9.82 Å². The SMILES string of the molecule is Cc1[nH]nc(S(=O)(=O)Nc2cccc(N(C)C)c2)c1CN. The van der Waals surface area contributed by atoms with Crippen LogP contribution in [-0.2, 0) is 16.6 Å². The van der Waals surface area contributed by atoms with Gasteiger partial charge < -0.3 is 10.6 Å². The molecule has 0 spiro atoms. The second kappa shape index (κ2) is 5.74. The van der Waals surface area contributed by atoms with Crippen LogP contribution in [0.5, 0.6) is 0 Å². The number of H-pyrrole nitrogens is 1. The van der Waals surface area contributed by atoms with Gasteiger partial charge in [-0.25, -0.2) is 0 Å². The monoisotopic (exact) mass is 309 g/mol. The van der Waals surface area contributed by atoms with E-state index in [-0.39, 0.29) is 11.6 Å². The van der Waals surface area contributed by atoms with Gasteiger partial charge >= 0.3 is 0 Å². The molecule has 0 amide bonds. The van der Waals surface area contributed by atoms with E-state index in [4.69, 9.17) is 5.73 Å². The maximum atomic E-state index is 12.4. The lowest BCUT2D eigenvalue weighted by Gasteiger charge is -2.14. The van der Waals surface area contributed by atoms with E-state index in [2.05, 4.69) is 14.9 Å². The van der Waals surface area contributed by atoms with E-state index in [0.29, 0.717) is 16.9 Å². The molecule has 1 heterocycles. The van der Waals surface area contributed by atoms with E-state index >= 15 is 0 Å². The molecule has 0 aliphatic carbocycles. The molecule has 0 saturated heterocycles. The van der Waals surface area contributed by atoms with Crippen LogP contribution in [0.4, 0.5) is 11.4 Å². The molecule has 21 heavy (non-hydrogen) atoms. The Labute approximate surface area is 124 Å². The second-order valence-corrected chi connectivity index (χ2v) is 6.48. The average molecular weight is 309 g/mol. The first kappa shape index (κ1) is 15.3. The standard InChI is InChI=1S/C13H19N5O2S/c1-9-12(8-14)13(16-15-9)21(19,20)17-10-5-4-6-11(7-10)18(2)3/h4-7,17H,8,14H2,1-3H3,(H,15,16). The molecule has 0 saturated carbocycles. The van der Waals surface area contributed by atoms with Gasteiger partial charge in [-0.2, -0.15) is 13.5 Å². The first-order chi connectivity index (χ1) is 9.85. The number of hydrogen-bond acceptors (Lipinski definition) is 5. The lowest BCUT2D eigenvalue weighted by atomic mass is 10.3. The lowest BCUT2D eigenvalue weighted by molar-refractivity contribution is 0.596. The molecule has 0 radical (unpaired) electrons. The topological polar surface area (TPSA) is 104 Å². The Bertz CT molecular complexity index is 737. The van der Waals surface area contributed by atoms with Crippen molar-refractivity contribution in [3.63, 3.8) is 0 Å². The lowest BCUT2D eigenvalue weighted by Crippen LogP contribution is -2.17. The quantitative estimate of drug-likeness (QED) is 0.765. The molecule has 114 valence electrons. The highest BCUT2D eigenvalue weighted by Gasteiger charge is 2.23. The fourth-order valence-corrected chi connectivity index (χ4v) is 3.20. The van der Waals surface area contributed by atoms with Gasteiger partial charge in [-0.15, -0.1) is 0 Å². The molecule has 0 fully saturated rings. The summed E-state index contributed by atoms with van der Waals surface area (Å²) in [4.78, 5) is 1.89. The van der Waals surface area contributed by atoms with Crippen molar-refractivity contribution in [3.8, 4) is 0 Å². The molecule has 1 aromatic heterocycles. The zero-order chi connectivity index (χ0) is 15.6.